The third-order valence-corrected chi connectivity index (χ3v) is 5.41. The van der Waals surface area contributed by atoms with Gasteiger partial charge in [-0.1, -0.05) is 85.3 Å². The Labute approximate surface area is 192 Å². The number of hydrogen-bond donors (Lipinski definition) is 2. The molecule has 8 heteroatoms. The molecule has 1 aromatic heterocycles. The van der Waals surface area contributed by atoms with Crippen LogP contribution in [0.4, 0.5) is 4.79 Å². The van der Waals surface area contributed by atoms with E-state index in [9.17, 15) is 9.59 Å². The third-order valence-electron chi connectivity index (χ3n) is 4.57. The van der Waals surface area contributed by atoms with Crippen molar-refractivity contribution in [1.29, 1.82) is 0 Å². The summed E-state index contributed by atoms with van der Waals surface area (Å²) < 4.78 is 0. The van der Waals surface area contributed by atoms with Crippen LogP contribution in [0.25, 0.3) is 22.5 Å². The standard InChI is InChI=1S/C24H27N5O2S/c1-15(2)13-25-23(31)26-20(30)14-32-24-27-21(18-9-5-16(3)6-10-18)22(28-29-24)19-11-7-17(4)8-12-19/h5-12,15H,13-14H2,1-4H3,(H2,25,26,30,31). The molecule has 2 N–H and O–H groups in total. The lowest BCUT2D eigenvalue weighted by atomic mass is 10.0. The Balaban J connectivity index is 1.78. The Hall–Kier alpha value is -3.26. The van der Waals surface area contributed by atoms with E-state index in [0.717, 1.165) is 34.0 Å². The minimum Gasteiger partial charge on any atom is -0.338 e. The molecule has 0 spiro atoms. The zero-order chi connectivity index (χ0) is 23.1. The van der Waals surface area contributed by atoms with E-state index in [4.69, 9.17) is 4.98 Å². The fraction of sp³-hybridized carbons (Fsp3) is 0.292. The van der Waals surface area contributed by atoms with Gasteiger partial charge in [-0.25, -0.2) is 9.78 Å². The Morgan fingerprint density at radius 2 is 1.44 bits per heavy atom. The molecule has 0 saturated heterocycles. The summed E-state index contributed by atoms with van der Waals surface area (Å²) in [5, 5.41) is 14.0. The highest BCUT2D eigenvalue weighted by Gasteiger charge is 2.15. The highest BCUT2D eigenvalue weighted by molar-refractivity contribution is 7.99. The Morgan fingerprint density at radius 1 is 0.875 bits per heavy atom. The molecule has 32 heavy (non-hydrogen) atoms. The van der Waals surface area contributed by atoms with Crippen LogP contribution in [0.15, 0.2) is 53.7 Å². The van der Waals surface area contributed by atoms with Crippen molar-refractivity contribution in [1.82, 2.24) is 25.8 Å². The quantitative estimate of drug-likeness (QED) is 0.519. The Kier molecular flexibility index (Phi) is 7.94. The number of aromatic nitrogens is 3. The van der Waals surface area contributed by atoms with Crippen molar-refractivity contribution in [2.24, 2.45) is 5.92 Å². The second-order valence-electron chi connectivity index (χ2n) is 7.96. The van der Waals surface area contributed by atoms with Gasteiger partial charge in [0.2, 0.25) is 11.1 Å². The van der Waals surface area contributed by atoms with Crippen LogP contribution in [-0.2, 0) is 4.79 Å². The van der Waals surface area contributed by atoms with E-state index in [1.807, 2.05) is 76.2 Å². The molecule has 0 bridgehead atoms. The maximum atomic E-state index is 12.1. The lowest BCUT2D eigenvalue weighted by Crippen LogP contribution is -2.41. The molecule has 0 aliphatic rings. The van der Waals surface area contributed by atoms with E-state index in [0.29, 0.717) is 29.0 Å². The number of carbonyl (C=O) groups is 2. The van der Waals surface area contributed by atoms with Crippen molar-refractivity contribution >= 4 is 23.7 Å². The lowest BCUT2D eigenvalue weighted by molar-refractivity contribution is -0.117. The van der Waals surface area contributed by atoms with Crippen LogP contribution in [0.1, 0.15) is 25.0 Å². The van der Waals surface area contributed by atoms with Crippen LogP contribution in [0.5, 0.6) is 0 Å². The SMILES string of the molecule is Cc1ccc(-c2nnc(SCC(=O)NC(=O)NCC(C)C)nc2-c2ccc(C)cc2)cc1. The zero-order valence-electron chi connectivity index (χ0n) is 18.7. The van der Waals surface area contributed by atoms with Crippen LogP contribution >= 0.6 is 11.8 Å². The number of nitrogens with one attached hydrogen (secondary N) is 2. The molecule has 0 aliphatic carbocycles. The van der Waals surface area contributed by atoms with Gasteiger partial charge in [-0.15, -0.1) is 10.2 Å². The van der Waals surface area contributed by atoms with Gasteiger partial charge < -0.3 is 5.32 Å². The summed E-state index contributed by atoms with van der Waals surface area (Å²) in [5.41, 5.74) is 5.51. The number of thioether (sulfide) groups is 1. The van der Waals surface area contributed by atoms with Crippen molar-refractivity contribution in [3.8, 4) is 22.5 Å². The fourth-order valence-corrected chi connectivity index (χ4v) is 3.41. The van der Waals surface area contributed by atoms with E-state index in [2.05, 4.69) is 20.8 Å². The summed E-state index contributed by atoms with van der Waals surface area (Å²) in [5.74, 6) is -0.107. The predicted octanol–water partition coefficient (Wildman–Crippen LogP) is 4.40. The maximum Gasteiger partial charge on any atom is 0.321 e. The molecule has 3 amide bonds. The molecule has 1 heterocycles. The van der Waals surface area contributed by atoms with Gasteiger partial charge in [-0.05, 0) is 19.8 Å². The molecule has 0 atom stereocenters. The van der Waals surface area contributed by atoms with Crippen molar-refractivity contribution in [3.63, 3.8) is 0 Å². The molecule has 3 aromatic rings. The van der Waals surface area contributed by atoms with Gasteiger partial charge in [0, 0.05) is 17.7 Å². The second-order valence-corrected chi connectivity index (χ2v) is 8.91. The van der Waals surface area contributed by atoms with Crippen LogP contribution in [0, 0.1) is 19.8 Å². The molecular weight excluding hydrogens is 422 g/mol. The number of rotatable bonds is 7. The van der Waals surface area contributed by atoms with E-state index in [1.54, 1.807) is 0 Å². The molecule has 0 saturated carbocycles. The zero-order valence-corrected chi connectivity index (χ0v) is 19.5. The van der Waals surface area contributed by atoms with Gasteiger partial charge in [-0.3, -0.25) is 10.1 Å². The normalized spacial score (nSPS) is 10.8. The van der Waals surface area contributed by atoms with Gasteiger partial charge in [0.1, 0.15) is 11.4 Å². The molecule has 0 unspecified atom stereocenters. The fourth-order valence-electron chi connectivity index (χ4n) is 2.82. The summed E-state index contributed by atoms with van der Waals surface area (Å²) in [6.45, 7) is 8.52. The van der Waals surface area contributed by atoms with E-state index >= 15 is 0 Å². The van der Waals surface area contributed by atoms with Crippen molar-refractivity contribution in [2.75, 3.05) is 12.3 Å². The van der Waals surface area contributed by atoms with Crippen LogP contribution < -0.4 is 10.6 Å². The molecule has 7 nitrogen and oxygen atoms in total. The topological polar surface area (TPSA) is 96.9 Å². The van der Waals surface area contributed by atoms with E-state index in [-0.39, 0.29) is 5.75 Å². The summed E-state index contributed by atoms with van der Waals surface area (Å²) in [4.78, 5) is 28.6. The minimum absolute atomic E-state index is 0.00793. The first-order valence-electron chi connectivity index (χ1n) is 10.4. The van der Waals surface area contributed by atoms with Crippen molar-refractivity contribution < 1.29 is 9.59 Å². The monoisotopic (exact) mass is 449 g/mol. The van der Waals surface area contributed by atoms with Crippen LogP contribution in [-0.4, -0.2) is 39.4 Å². The lowest BCUT2D eigenvalue weighted by Gasteiger charge is -2.10. The first-order chi connectivity index (χ1) is 15.3. The van der Waals surface area contributed by atoms with Crippen molar-refractivity contribution in [2.45, 2.75) is 32.9 Å². The highest BCUT2D eigenvalue weighted by Crippen LogP contribution is 2.30. The van der Waals surface area contributed by atoms with Gasteiger partial charge >= 0.3 is 6.03 Å². The number of aryl methyl sites for hydroxylation is 2. The number of carbonyl (C=O) groups excluding carboxylic acids is 2. The number of imide groups is 1. The van der Waals surface area contributed by atoms with Gasteiger partial charge in [0.05, 0.1) is 5.75 Å². The average Bonchev–Trinajstić information content (AvgIpc) is 2.77. The third kappa shape index (κ3) is 6.62. The smallest absolute Gasteiger partial charge is 0.321 e. The summed E-state index contributed by atoms with van der Waals surface area (Å²) in [7, 11) is 0. The Morgan fingerprint density at radius 3 is 2.00 bits per heavy atom. The predicted molar refractivity (Wildman–Crippen MR) is 127 cm³/mol. The van der Waals surface area contributed by atoms with Gasteiger partial charge in [0.25, 0.3) is 0 Å². The van der Waals surface area contributed by atoms with E-state index < -0.39 is 11.9 Å². The molecule has 0 radical (unpaired) electrons. The van der Waals surface area contributed by atoms with Gasteiger partial charge in [0.15, 0.2) is 0 Å². The Bertz CT molecular complexity index is 1080. The molecule has 3 rings (SSSR count). The molecule has 0 fully saturated rings. The first-order valence-corrected chi connectivity index (χ1v) is 11.4. The number of urea groups is 1. The minimum atomic E-state index is -0.501. The van der Waals surface area contributed by atoms with Crippen LogP contribution in [0.2, 0.25) is 0 Å². The molecule has 166 valence electrons. The van der Waals surface area contributed by atoms with Crippen LogP contribution in [0.3, 0.4) is 0 Å². The number of amides is 3. The number of hydrogen-bond acceptors (Lipinski definition) is 6. The average molecular weight is 450 g/mol. The largest absolute Gasteiger partial charge is 0.338 e. The highest BCUT2D eigenvalue weighted by atomic mass is 32.2. The first kappa shape index (κ1) is 23.4. The van der Waals surface area contributed by atoms with E-state index in [1.165, 1.54) is 0 Å². The van der Waals surface area contributed by atoms with Crippen molar-refractivity contribution in [3.05, 3.63) is 59.7 Å². The molecule has 0 aliphatic heterocycles. The summed E-state index contributed by atoms with van der Waals surface area (Å²) in [6.07, 6.45) is 0. The van der Waals surface area contributed by atoms with Gasteiger partial charge in [-0.2, -0.15) is 0 Å². The summed E-state index contributed by atoms with van der Waals surface area (Å²) >= 11 is 1.14. The number of nitrogens with zero attached hydrogens (tertiary/aromatic N) is 3. The summed E-state index contributed by atoms with van der Waals surface area (Å²) in [6, 6.07) is 15.6. The molecule has 2 aromatic carbocycles. The number of benzene rings is 2. The second kappa shape index (κ2) is 10.9. The maximum absolute atomic E-state index is 12.1. The molecular formula is C24H27N5O2S.